The highest BCUT2D eigenvalue weighted by Gasteiger charge is 2.54. The minimum atomic E-state index is -5.11. The van der Waals surface area contributed by atoms with E-state index in [4.69, 9.17) is 33.3 Å². The molecule has 48 heavy (non-hydrogen) atoms. The van der Waals surface area contributed by atoms with Crippen LogP contribution in [0.5, 0.6) is 0 Å². The van der Waals surface area contributed by atoms with E-state index in [9.17, 15) is 38.7 Å². The van der Waals surface area contributed by atoms with Gasteiger partial charge in [-0.1, -0.05) is 0 Å². The van der Waals surface area contributed by atoms with Gasteiger partial charge in [0.25, 0.3) is 11.1 Å². The molecule has 4 aromatic rings. The fourth-order valence-electron chi connectivity index (χ4n) is 5.54. The molecule has 4 aromatic heterocycles. The van der Waals surface area contributed by atoms with Crippen molar-refractivity contribution in [3.05, 3.63) is 33.4 Å². The predicted molar refractivity (Wildman–Crippen MR) is 156 cm³/mol. The van der Waals surface area contributed by atoms with Crippen molar-refractivity contribution in [1.29, 1.82) is 0 Å². The van der Waals surface area contributed by atoms with Crippen LogP contribution in [0.1, 0.15) is 19.4 Å². The van der Waals surface area contributed by atoms with Gasteiger partial charge in [-0.25, -0.2) is 24.1 Å². The van der Waals surface area contributed by atoms with Crippen LogP contribution >= 0.6 is 15.6 Å². The first kappa shape index (κ1) is 32.8. The number of phosphoric ester groups is 2. The molecule has 3 fully saturated rings. The number of aliphatic hydroxyl groups is 2. The molecule has 0 spiro atoms. The summed E-state index contributed by atoms with van der Waals surface area (Å²) in [5.41, 5.74) is 3.77. The Hall–Kier alpha value is -3.77. The van der Waals surface area contributed by atoms with Crippen LogP contribution in [0.15, 0.2) is 27.2 Å². The molecule has 4 unspecified atom stereocenters. The number of aromatic amines is 2. The van der Waals surface area contributed by atoms with Gasteiger partial charge >= 0.3 is 15.6 Å². The number of nitrogens with one attached hydrogen (secondary N) is 2. The van der Waals surface area contributed by atoms with E-state index in [1.807, 2.05) is 0 Å². The van der Waals surface area contributed by atoms with Gasteiger partial charge in [0.05, 0.1) is 25.9 Å². The number of H-pyrrole nitrogens is 2. The summed E-state index contributed by atoms with van der Waals surface area (Å²) in [6.07, 6.45) is -9.48. The van der Waals surface area contributed by atoms with Crippen molar-refractivity contribution in [2.24, 2.45) is 4.99 Å². The zero-order valence-electron chi connectivity index (χ0n) is 24.2. The molecule has 0 aromatic carbocycles. The standard InChI is InChI=1S/C22H26N10O14P2/c1-2-24-22-28-16-10(18(36)30-22)26-6-32(16)20-12(34)14-8(44-20)4-42-47(37,38)45-13-7(3-41-48(39,40)46-14)43-19(11(13)33)31-5-25-9-15(31)27-21(23)29-17(9)35/h2,5-8,11-14,19-20,33-34H,3-4H2,1H3,(H,37,38)(H,39,40)(H,28,30,36)(H3,23,27,29,35)/t7-,8-,11+,12?,13?,14+,19-,20-/m1/s1. The summed E-state index contributed by atoms with van der Waals surface area (Å²) < 4.78 is 60.9. The lowest BCUT2D eigenvalue weighted by atomic mass is 10.1. The van der Waals surface area contributed by atoms with Crippen LogP contribution in [0.3, 0.4) is 0 Å². The van der Waals surface area contributed by atoms with E-state index in [0.717, 1.165) is 21.8 Å². The maximum absolute atomic E-state index is 13.2. The van der Waals surface area contributed by atoms with Gasteiger partial charge in [0.1, 0.15) is 36.6 Å². The minimum absolute atomic E-state index is 0.0806. The number of hydrogen-bond acceptors (Lipinski definition) is 18. The number of aliphatic hydroxyl groups excluding tert-OH is 2. The monoisotopic (exact) mass is 716 g/mol. The summed E-state index contributed by atoms with van der Waals surface area (Å²) >= 11 is 0. The Morgan fingerprint density at radius 2 is 1.35 bits per heavy atom. The van der Waals surface area contributed by atoms with Gasteiger partial charge < -0.3 is 35.2 Å². The number of nitrogen functional groups attached to an aromatic ring is 1. The Morgan fingerprint density at radius 3 is 1.85 bits per heavy atom. The number of anilines is 1. The highest BCUT2D eigenvalue weighted by atomic mass is 31.2. The van der Waals surface area contributed by atoms with Crippen molar-refractivity contribution in [2.45, 2.75) is 56.0 Å². The fraction of sp³-hybridized carbons (Fsp3) is 0.500. The summed E-state index contributed by atoms with van der Waals surface area (Å²) in [7, 11) is -10.2. The number of phosphoric acid groups is 2. The number of nitrogens with two attached hydrogens (primary N) is 1. The van der Waals surface area contributed by atoms with Crippen LogP contribution in [0.2, 0.25) is 0 Å². The van der Waals surface area contributed by atoms with Crippen molar-refractivity contribution >= 4 is 56.1 Å². The second-order valence-electron chi connectivity index (χ2n) is 10.7. The van der Waals surface area contributed by atoms with Gasteiger partial charge in [-0.05, 0) is 6.92 Å². The molecular formula is C22H26N10O14P2. The molecule has 258 valence electrons. The zero-order valence-corrected chi connectivity index (χ0v) is 26.0. The lowest BCUT2D eigenvalue weighted by molar-refractivity contribution is -0.0664. The largest absolute Gasteiger partial charge is 0.472 e. The van der Waals surface area contributed by atoms with Crippen LogP contribution in [0.25, 0.3) is 22.3 Å². The molecule has 7 heterocycles. The van der Waals surface area contributed by atoms with E-state index >= 15 is 0 Å². The van der Waals surface area contributed by atoms with Gasteiger partial charge in [0.15, 0.2) is 34.8 Å². The average molecular weight is 716 g/mol. The number of imidazole rings is 2. The van der Waals surface area contributed by atoms with Crippen LogP contribution in [-0.2, 0) is 36.7 Å². The summed E-state index contributed by atoms with van der Waals surface area (Å²) in [5, 5.41) is 22.4. The van der Waals surface area contributed by atoms with Gasteiger partial charge in [0, 0.05) is 6.21 Å². The maximum atomic E-state index is 13.2. The molecule has 3 aliphatic rings. The van der Waals surface area contributed by atoms with E-state index in [-0.39, 0.29) is 34.2 Å². The first-order valence-electron chi connectivity index (χ1n) is 13.9. The highest BCUT2D eigenvalue weighted by Crippen LogP contribution is 2.53. The third kappa shape index (κ3) is 5.80. The molecule has 0 saturated carbocycles. The first-order valence-corrected chi connectivity index (χ1v) is 16.9. The number of hydrogen-bond donors (Lipinski definition) is 7. The van der Waals surface area contributed by atoms with Crippen molar-refractivity contribution < 1.29 is 56.7 Å². The van der Waals surface area contributed by atoms with Gasteiger partial charge in [-0.2, -0.15) is 9.97 Å². The lowest BCUT2D eigenvalue weighted by Gasteiger charge is -2.27. The number of fused-ring (bicyclic) bond motifs is 4. The molecule has 7 rings (SSSR count). The Kier molecular flexibility index (Phi) is 8.17. The zero-order chi connectivity index (χ0) is 34.1. The molecule has 0 aliphatic carbocycles. The number of aliphatic imine (C=N–C) groups is 1. The molecule has 0 bridgehead atoms. The minimum Gasteiger partial charge on any atom is -0.386 e. The Labute approximate surface area is 265 Å². The maximum Gasteiger partial charge on any atom is 0.472 e. The third-order valence-electron chi connectivity index (χ3n) is 7.60. The normalized spacial score (nSPS) is 36.3. The number of rotatable bonds is 3. The Balaban J connectivity index is 1.17. The average Bonchev–Trinajstić information content (AvgIpc) is 3.76. The SMILES string of the molecule is CC=Nc1nc2c(ncn2[C@@H]2O[C@@H]3COP(=O)(O)OC4[C@@H](COP(=O)(O)O[C@@H]3C2O)O[C@@H](n2cnc3c(=O)[nH]c(N)nc32)[C@H]4O)c(=O)[nH]1. The quantitative estimate of drug-likeness (QED) is 0.0898. The van der Waals surface area contributed by atoms with Crippen molar-refractivity contribution in [1.82, 2.24) is 39.0 Å². The van der Waals surface area contributed by atoms with Crippen molar-refractivity contribution in [2.75, 3.05) is 18.9 Å². The second kappa shape index (κ2) is 12.0. The van der Waals surface area contributed by atoms with E-state index in [1.165, 1.54) is 6.21 Å². The molecule has 0 amide bonds. The Morgan fingerprint density at radius 1 is 0.875 bits per heavy atom. The second-order valence-corrected chi connectivity index (χ2v) is 13.5. The summed E-state index contributed by atoms with van der Waals surface area (Å²) in [6.45, 7) is -0.148. The van der Waals surface area contributed by atoms with Gasteiger partial charge in [-0.3, -0.25) is 46.8 Å². The van der Waals surface area contributed by atoms with Crippen LogP contribution in [0.4, 0.5) is 11.9 Å². The van der Waals surface area contributed by atoms with E-state index < -0.39 is 89.1 Å². The molecule has 0 radical (unpaired) electrons. The summed E-state index contributed by atoms with van der Waals surface area (Å²) in [4.78, 5) is 70.7. The first-order chi connectivity index (χ1) is 22.7. The third-order valence-corrected chi connectivity index (χ3v) is 9.57. The number of ether oxygens (including phenoxy) is 2. The Bertz CT molecular complexity index is 2130. The number of nitrogens with zero attached hydrogens (tertiary/aromatic N) is 7. The molecule has 8 N–H and O–H groups in total. The number of aromatic nitrogens is 8. The fourth-order valence-corrected chi connectivity index (χ4v) is 7.47. The van der Waals surface area contributed by atoms with E-state index in [0.29, 0.717) is 0 Å². The molecule has 10 atom stereocenters. The van der Waals surface area contributed by atoms with Crippen LogP contribution in [-0.4, -0.2) is 115 Å². The van der Waals surface area contributed by atoms with E-state index in [1.54, 1.807) is 6.92 Å². The van der Waals surface area contributed by atoms with Gasteiger partial charge in [-0.15, -0.1) is 0 Å². The van der Waals surface area contributed by atoms with Gasteiger partial charge in [0.2, 0.25) is 11.9 Å². The molecular weight excluding hydrogens is 690 g/mol. The smallest absolute Gasteiger partial charge is 0.386 e. The van der Waals surface area contributed by atoms with E-state index in [2.05, 4.69) is 34.9 Å². The molecule has 24 nitrogen and oxygen atoms in total. The van der Waals surface area contributed by atoms with Crippen molar-refractivity contribution in [3.8, 4) is 0 Å². The summed E-state index contributed by atoms with van der Waals surface area (Å²) in [5.74, 6) is -0.368. The highest BCUT2D eigenvalue weighted by molar-refractivity contribution is 7.47. The molecule has 3 aliphatic heterocycles. The summed E-state index contributed by atoms with van der Waals surface area (Å²) in [6, 6.07) is 0. The topological polar surface area (TPSA) is 336 Å². The van der Waals surface area contributed by atoms with Crippen LogP contribution < -0.4 is 16.9 Å². The predicted octanol–water partition coefficient (Wildman–Crippen LogP) is -1.91. The van der Waals surface area contributed by atoms with Crippen LogP contribution in [0, 0.1) is 0 Å². The molecule has 26 heteroatoms. The lowest BCUT2D eigenvalue weighted by Crippen LogP contribution is -2.39. The van der Waals surface area contributed by atoms with Crippen molar-refractivity contribution in [3.63, 3.8) is 0 Å². The molecule has 3 saturated heterocycles.